The molecule has 1 nitrogen and oxygen atoms in total. The molecule has 0 aromatic heterocycles. The summed E-state index contributed by atoms with van der Waals surface area (Å²) in [6.07, 6.45) is 0. The molecular weight excluding hydrogens is 124 g/mol. The summed E-state index contributed by atoms with van der Waals surface area (Å²) in [5, 5.41) is 0. The largest absolute Gasteiger partial charge is 0.294 e. The Labute approximate surface area is 62.1 Å². The van der Waals surface area contributed by atoms with Crippen molar-refractivity contribution in [1.82, 2.24) is 0 Å². The number of allylic oxidation sites excluding steroid dienone is 2. The van der Waals surface area contributed by atoms with Gasteiger partial charge in [0, 0.05) is 5.92 Å². The normalized spacial score (nSPS) is 23.0. The minimum Gasteiger partial charge on any atom is -0.294 e. The molecule has 1 aliphatic rings. The lowest BCUT2D eigenvalue weighted by molar-refractivity contribution is -0.113. The third-order valence-electron chi connectivity index (χ3n) is 2.15. The van der Waals surface area contributed by atoms with E-state index in [1.54, 1.807) is 0 Å². The Morgan fingerprint density at radius 2 is 1.60 bits per heavy atom. The topological polar surface area (TPSA) is 17.1 Å². The zero-order chi connectivity index (χ0) is 7.89. The lowest BCUT2D eigenvalue weighted by Crippen LogP contribution is -2.06. The predicted octanol–water partition coefficient (Wildman–Crippen LogP) is 1.91. The van der Waals surface area contributed by atoms with Crippen molar-refractivity contribution in [3.8, 4) is 0 Å². The maximum absolute atomic E-state index is 11.2. The molecule has 3 radical (unpaired) electrons. The Bertz CT molecular complexity index is 201. The van der Waals surface area contributed by atoms with Crippen LogP contribution in [0.5, 0.6) is 0 Å². The molecule has 0 bridgehead atoms. The molecule has 0 fully saturated rings. The molecule has 1 rings (SSSR count). The zero-order valence-electron chi connectivity index (χ0n) is 6.62. The first-order valence-corrected chi connectivity index (χ1v) is 3.31. The van der Waals surface area contributed by atoms with Gasteiger partial charge in [0.15, 0.2) is 5.78 Å². The van der Waals surface area contributed by atoms with Crippen molar-refractivity contribution in [3.05, 3.63) is 29.9 Å². The molecule has 0 spiro atoms. The maximum atomic E-state index is 11.2. The second kappa shape index (κ2) is 2.22. The molecule has 1 aliphatic carbocycles. The number of carbonyl (C=O) groups excluding carboxylic acids is 1. The summed E-state index contributed by atoms with van der Waals surface area (Å²) in [7, 11) is 0. The lowest BCUT2D eigenvalue weighted by Gasteiger charge is -2.06. The first kappa shape index (κ1) is 7.52. The first-order valence-electron chi connectivity index (χ1n) is 3.31. The van der Waals surface area contributed by atoms with E-state index < -0.39 is 0 Å². The Morgan fingerprint density at radius 1 is 1.10 bits per heavy atom. The van der Waals surface area contributed by atoms with E-state index in [-0.39, 0.29) is 5.78 Å². The molecular formula is C9H11O. The standard InChI is InChI=1S/C9H11O/c1-5-6(2)8(4)9(10)7(5)3/h1H2,2-4H3. The minimum atomic E-state index is 0.155. The van der Waals surface area contributed by atoms with E-state index in [0.29, 0.717) is 0 Å². The molecule has 0 unspecified atom stereocenters. The molecule has 0 aromatic rings. The van der Waals surface area contributed by atoms with Crippen molar-refractivity contribution in [2.24, 2.45) is 0 Å². The molecule has 10 heavy (non-hydrogen) atoms. The number of rotatable bonds is 0. The summed E-state index contributed by atoms with van der Waals surface area (Å²) in [5.74, 6) is 1.86. The molecule has 0 atom stereocenters. The fourth-order valence-corrected chi connectivity index (χ4v) is 1.10. The van der Waals surface area contributed by atoms with Crippen molar-refractivity contribution in [2.45, 2.75) is 20.8 Å². The van der Waals surface area contributed by atoms with Gasteiger partial charge < -0.3 is 0 Å². The lowest BCUT2D eigenvalue weighted by atomic mass is 9.95. The molecule has 0 heterocycles. The van der Waals surface area contributed by atoms with Crippen molar-refractivity contribution < 1.29 is 4.79 Å². The van der Waals surface area contributed by atoms with Crippen LogP contribution >= 0.6 is 0 Å². The van der Waals surface area contributed by atoms with Crippen LogP contribution < -0.4 is 0 Å². The molecule has 0 N–H and O–H groups in total. The van der Waals surface area contributed by atoms with Gasteiger partial charge in [0.25, 0.3) is 0 Å². The molecule has 53 valence electrons. The van der Waals surface area contributed by atoms with E-state index in [2.05, 4.69) is 6.92 Å². The summed E-state index contributed by atoms with van der Waals surface area (Å²) in [6, 6.07) is 0. The number of Topliss-reactive ketones (excluding diaryl/α,β-unsaturated/α-hetero) is 1. The van der Waals surface area contributed by atoms with Gasteiger partial charge in [-0.05, 0) is 26.3 Å². The number of hydrogen-bond acceptors (Lipinski definition) is 1. The highest BCUT2D eigenvalue weighted by Gasteiger charge is 2.32. The van der Waals surface area contributed by atoms with E-state index >= 15 is 0 Å². The van der Waals surface area contributed by atoms with Crippen LogP contribution in [0.1, 0.15) is 20.8 Å². The van der Waals surface area contributed by atoms with Gasteiger partial charge in [0.05, 0.1) is 5.92 Å². The molecule has 0 aliphatic heterocycles. The first-order chi connectivity index (χ1) is 4.55. The monoisotopic (exact) mass is 135 g/mol. The molecule has 0 aromatic carbocycles. The van der Waals surface area contributed by atoms with Crippen molar-refractivity contribution in [1.29, 1.82) is 0 Å². The summed E-state index contributed by atoms with van der Waals surface area (Å²) in [6.45, 7) is 9.41. The Kier molecular flexibility index (Phi) is 1.67. The quantitative estimate of drug-likeness (QED) is 0.496. The molecule has 0 saturated heterocycles. The van der Waals surface area contributed by atoms with Gasteiger partial charge in [-0.2, -0.15) is 0 Å². The fraction of sp³-hybridized carbons (Fsp3) is 0.333. The number of ketones is 1. The summed E-state index contributed by atoms with van der Waals surface area (Å²) >= 11 is 0. The minimum absolute atomic E-state index is 0.155. The number of hydrogen-bond donors (Lipinski definition) is 0. The summed E-state index contributed by atoms with van der Waals surface area (Å²) in [5.41, 5.74) is 1.89. The van der Waals surface area contributed by atoms with Crippen LogP contribution in [0.2, 0.25) is 0 Å². The van der Waals surface area contributed by atoms with E-state index in [1.807, 2.05) is 20.8 Å². The highest BCUT2D eigenvalue weighted by Crippen LogP contribution is 2.35. The van der Waals surface area contributed by atoms with E-state index in [9.17, 15) is 4.79 Å². The van der Waals surface area contributed by atoms with Crippen LogP contribution in [0, 0.1) is 18.8 Å². The molecule has 0 amide bonds. The van der Waals surface area contributed by atoms with Gasteiger partial charge >= 0.3 is 0 Å². The molecule has 1 heteroatoms. The zero-order valence-corrected chi connectivity index (χ0v) is 6.62. The van der Waals surface area contributed by atoms with Gasteiger partial charge in [-0.15, -0.1) is 0 Å². The highest BCUT2D eigenvalue weighted by molar-refractivity contribution is 6.12. The van der Waals surface area contributed by atoms with Gasteiger partial charge in [-0.25, -0.2) is 0 Å². The van der Waals surface area contributed by atoms with Crippen molar-refractivity contribution in [3.63, 3.8) is 0 Å². The third kappa shape index (κ3) is 0.808. The SMILES string of the molecule is [CH2][C]1[C](C)C(=O)C(C)=C1C. The highest BCUT2D eigenvalue weighted by atomic mass is 16.1. The Hall–Kier alpha value is -0.590. The van der Waals surface area contributed by atoms with Crippen LogP contribution in [0.15, 0.2) is 11.1 Å². The number of carbonyl (C=O) groups is 1. The van der Waals surface area contributed by atoms with E-state index in [4.69, 9.17) is 0 Å². The third-order valence-corrected chi connectivity index (χ3v) is 2.15. The average Bonchev–Trinajstić information content (AvgIpc) is 2.07. The van der Waals surface area contributed by atoms with Crippen LogP contribution in [-0.2, 0) is 4.79 Å². The van der Waals surface area contributed by atoms with Crippen LogP contribution in [-0.4, -0.2) is 5.78 Å². The van der Waals surface area contributed by atoms with Crippen molar-refractivity contribution >= 4 is 5.78 Å². The Morgan fingerprint density at radius 3 is 1.70 bits per heavy atom. The maximum Gasteiger partial charge on any atom is 0.166 e. The van der Waals surface area contributed by atoms with Gasteiger partial charge in [-0.3, -0.25) is 4.79 Å². The second-order valence-electron chi connectivity index (χ2n) is 2.68. The van der Waals surface area contributed by atoms with E-state index in [0.717, 1.165) is 23.0 Å². The summed E-state index contributed by atoms with van der Waals surface area (Å²) < 4.78 is 0. The van der Waals surface area contributed by atoms with Gasteiger partial charge in [-0.1, -0.05) is 12.5 Å². The summed E-state index contributed by atoms with van der Waals surface area (Å²) in [4.78, 5) is 11.2. The van der Waals surface area contributed by atoms with Crippen LogP contribution in [0.4, 0.5) is 0 Å². The average molecular weight is 135 g/mol. The fourth-order valence-electron chi connectivity index (χ4n) is 1.10. The Balaban J connectivity index is 2.99. The smallest absolute Gasteiger partial charge is 0.166 e. The van der Waals surface area contributed by atoms with Gasteiger partial charge in [0.2, 0.25) is 0 Å². The van der Waals surface area contributed by atoms with Gasteiger partial charge in [0.1, 0.15) is 0 Å². The molecule has 0 saturated carbocycles. The van der Waals surface area contributed by atoms with E-state index in [1.165, 1.54) is 0 Å². The predicted molar refractivity (Wildman–Crippen MR) is 40.9 cm³/mol. The van der Waals surface area contributed by atoms with Crippen LogP contribution in [0.3, 0.4) is 0 Å². The van der Waals surface area contributed by atoms with Crippen LogP contribution in [0.25, 0.3) is 0 Å². The van der Waals surface area contributed by atoms with Crippen molar-refractivity contribution in [2.75, 3.05) is 0 Å². The second-order valence-corrected chi connectivity index (χ2v) is 2.68.